The summed E-state index contributed by atoms with van der Waals surface area (Å²) in [5.41, 5.74) is 1.08. The molecule has 1 saturated carbocycles. The SMILES string of the molecule is C[N+](C)=C1NC(c2cccnc2)=NC2CCCCC1C2. The molecule has 20 heavy (non-hydrogen) atoms. The fourth-order valence-electron chi connectivity index (χ4n) is 3.27. The van der Waals surface area contributed by atoms with E-state index in [9.17, 15) is 0 Å². The van der Waals surface area contributed by atoms with Crippen LogP contribution in [0.2, 0.25) is 0 Å². The van der Waals surface area contributed by atoms with Gasteiger partial charge in [0.25, 0.3) is 5.84 Å². The molecule has 1 aliphatic carbocycles. The average molecular weight is 271 g/mol. The minimum Gasteiger partial charge on any atom is -0.271 e. The normalized spacial score (nSPS) is 26.1. The predicted octanol–water partition coefficient (Wildman–Crippen LogP) is 2.05. The van der Waals surface area contributed by atoms with E-state index in [1.54, 1.807) is 6.20 Å². The zero-order valence-corrected chi connectivity index (χ0v) is 12.3. The van der Waals surface area contributed by atoms with Crippen molar-refractivity contribution in [1.82, 2.24) is 10.3 Å². The van der Waals surface area contributed by atoms with Gasteiger partial charge in [0.2, 0.25) is 5.84 Å². The average Bonchev–Trinajstić information content (AvgIpc) is 2.80. The molecule has 3 rings (SSSR count). The summed E-state index contributed by atoms with van der Waals surface area (Å²) < 4.78 is 2.21. The highest BCUT2D eigenvalue weighted by Crippen LogP contribution is 2.28. The molecular formula is C16H23N4+. The first-order valence-corrected chi connectivity index (χ1v) is 7.53. The lowest BCUT2D eigenvalue weighted by molar-refractivity contribution is -0.469. The molecule has 106 valence electrons. The van der Waals surface area contributed by atoms with Crippen molar-refractivity contribution in [3.8, 4) is 0 Å². The van der Waals surface area contributed by atoms with Gasteiger partial charge in [-0.1, -0.05) is 12.8 Å². The Morgan fingerprint density at radius 3 is 2.85 bits per heavy atom. The molecule has 2 unspecified atom stereocenters. The molecule has 4 nitrogen and oxygen atoms in total. The molecule has 1 aromatic heterocycles. The van der Waals surface area contributed by atoms with Crippen LogP contribution in [0.4, 0.5) is 0 Å². The van der Waals surface area contributed by atoms with Crippen LogP contribution in [0.1, 0.15) is 37.7 Å². The molecule has 1 fully saturated rings. The molecule has 4 heteroatoms. The third-order valence-corrected chi connectivity index (χ3v) is 4.26. The van der Waals surface area contributed by atoms with E-state index < -0.39 is 0 Å². The minimum absolute atomic E-state index is 0.447. The topological polar surface area (TPSA) is 40.3 Å². The smallest absolute Gasteiger partial charge is 0.253 e. The van der Waals surface area contributed by atoms with Gasteiger partial charge in [-0.3, -0.25) is 9.56 Å². The second-order valence-electron chi connectivity index (χ2n) is 5.99. The van der Waals surface area contributed by atoms with Crippen molar-refractivity contribution in [1.29, 1.82) is 0 Å². The van der Waals surface area contributed by atoms with Gasteiger partial charge in [0, 0.05) is 12.4 Å². The third-order valence-electron chi connectivity index (χ3n) is 4.26. The molecule has 2 aliphatic rings. The van der Waals surface area contributed by atoms with E-state index in [-0.39, 0.29) is 0 Å². The van der Waals surface area contributed by atoms with E-state index in [0.717, 1.165) is 11.4 Å². The van der Waals surface area contributed by atoms with Gasteiger partial charge in [-0.2, -0.15) is 0 Å². The van der Waals surface area contributed by atoms with Gasteiger partial charge in [-0.25, -0.2) is 10.3 Å². The van der Waals surface area contributed by atoms with Gasteiger partial charge in [-0.05, 0) is 31.4 Å². The summed E-state index contributed by atoms with van der Waals surface area (Å²) >= 11 is 0. The number of nitrogens with one attached hydrogen (secondary N) is 1. The summed E-state index contributed by atoms with van der Waals surface area (Å²) in [5, 5.41) is 3.58. The van der Waals surface area contributed by atoms with Crippen molar-refractivity contribution in [3.63, 3.8) is 0 Å². The van der Waals surface area contributed by atoms with Crippen LogP contribution in [0.3, 0.4) is 0 Å². The molecular weight excluding hydrogens is 248 g/mol. The van der Waals surface area contributed by atoms with Gasteiger partial charge >= 0.3 is 0 Å². The Labute approximate surface area is 120 Å². The van der Waals surface area contributed by atoms with Crippen molar-refractivity contribution in [2.24, 2.45) is 10.9 Å². The van der Waals surface area contributed by atoms with Crippen molar-refractivity contribution in [2.45, 2.75) is 38.1 Å². The number of pyridine rings is 1. The molecule has 1 aliphatic heterocycles. The molecule has 0 saturated heterocycles. The lowest BCUT2D eigenvalue weighted by atomic mass is 9.97. The molecule has 1 aromatic rings. The van der Waals surface area contributed by atoms with Gasteiger partial charge < -0.3 is 0 Å². The standard InChI is InChI=1S/C16H22N4/c1-20(2)16-12-6-3-4-8-14(10-12)18-15(19-16)13-7-5-9-17-11-13/h5,7,9,11-12,14H,3-4,6,8,10H2,1-2H3/p+1. The Bertz CT molecular complexity index is 529. The predicted molar refractivity (Wildman–Crippen MR) is 81.4 cm³/mol. The van der Waals surface area contributed by atoms with Crippen LogP contribution in [0.5, 0.6) is 0 Å². The summed E-state index contributed by atoms with van der Waals surface area (Å²) in [5.74, 6) is 2.89. The van der Waals surface area contributed by atoms with Crippen molar-refractivity contribution < 1.29 is 4.58 Å². The molecule has 0 aromatic carbocycles. The lowest BCUT2D eigenvalue weighted by Crippen LogP contribution is -2.40. The van der Waals surface area contributed by atoms with Crippen molar-refractivity contribution in [2.75, 3.05) is 14.1 Å². The zero-order valence-electron chi connectivity index (χ0n) is 12.3. The summed E-state index contributed by atoms with van der Waals surface area (Å²) in [4.78, 5) is 9.20. The molecule has 0 amide bonds. The first-order chi connectivity index (χ1) is 9.74. The molecule has 1 N–H and O–H groups in total. The molecule has 2 atom stereocenters. The van der Waals surface area contributed by atoms with Crippen LogP contribution in [-0.2, 0) is 0 Å². The Hall–Kier alpha value is -1.71. The first-order valence-electron chi connectivity index (χ1n) is 7.53. The summed E-state index contributed by atoms with van der Waals surface area (Å²) in [6.07, 6.45) is 9.96. The molecule has 2 bridgehead atoms. The number of fused-ring (bicyclic) bond motifs is 2. The summed E-state index contributed by atoms with van der Waals surface area (Å²) in [7, 11) is 4.24. The Kier molecular flexibility index (Phi) is 3.81. The van der Waals surface area contributed by atoms with E-state index in [2.05, 4.69) is 35.0 Å². The fraction of sp³-hybridized carbons (Fsp3) is 0.562. The molecule has 0 radical (unpaired) electrons. The highest BCUT2D eigenvalue weighted by molar-refractivity contribution is 6.09. The quantitative estimate of drug-likeness (QED) is 0.794. The van der Waals surface area contributed by atoms with E-state index in [1.807, 2.05) is 12.3 Å². The number of hydrogen-bond acceptors (Lipinski definition) is 2. The van der Waals surface area contributed by atoms with Crippen LogP contribution in [0.15, 0.2) is 29.5 Å². The van der Waals surface area contributed by atoms with Gasteiger partial charge in [0.05, 0.1) is 31.6 Å². The van der Waals surface area contributed by atoms with Crippen molar-refractivity contribution in [3.05, 3.63) is 30.1 Å². The minimum atomic E-state index is 0.447. The fourth-order valence-corrected chi connectivity index (χ4v) is 3.27. The first kappa shape index (κ1) is 13.3. The summed E-state index contributed by atoms with van der Waals surface area (Å²) in [6, 6.07) is 4.50. The molecule has 0 spiro atoms. The maximum atomic E-state index is 4.98. The van der Waals surface area contributed by atoms with Crippen LogP contribution in [-0.4, -0.2) is 41.4 Å². The van der Waals surface area contributed by atoms with E-state index in [1.165, 1.54) is 37.9 Å². The van der Waals surface area contributed by atoms with Gasteiger partial charge in [-0.15, -0.1) is 0 Å². The Balaban J connectivity index is 2.00. The van der Waals surface area contributed by atoms with Crippen LogP contribution < -0.4 is 5.32 Å². The van der Waals surface area contributed by atoms with E-state index in [4.69, 9.17) is 4.99 Å². The van der Waals surface area contributed by atoms with Gasteiger partial charge in [0.1, 0.15) is 0 Å². The number of amidine groups is 2. The lowest BCUT2D eigenvalue weighted by Gasteiger charge is -2.13. The second-order valence-corrected chi connectivity index (χ2v) is 5.99. The third kappa shape index (κ3) is 2.74. The maximum absolute atomic E-state index is 4.98. The monoisotopic (exact) mass is 271 g/mol. The number of hydrogen-bond donors (Lipinski definition) is 1. The second kappa shape index (κ2) is 5.73. The summed E-state index contributed by atoms with van der Waals surface area (Å²) in [6.45, 7) is 0. The van der Waals surface area contributed by atoms with Crippen LogP contribution in [0.25, 0.3) is 0 Å². The van der Waals surface area contributed by atoms with E-state index >= 15 is 0 Å². The Morgan fingerprint density at radius 1 is 1.25 bits per heavy atom. The van der Waals surface area contributed by atoms with E-state index in [0.29, 0.717) is 12.0 Å². The largest absolute Gasteiger partial charge is 0.271 e. The number of nitrogens with zero attached hydrogens (tertiary/aromatic N) is 3. The van der Waals surface area contributed by atoms with Crippen molar-refractivity contribution >= 4 is 11.7 Å². The number of rotatable bonds is 1. The van der Waals surface area contributed by atoms with Crippen LogP contribution >= 0.6 is 0 Å². The van der Waals surface area contributed by atoms with Gasteiger partial charge in [0.15, 0.2) is 0 Å². The highest BCUT2D eigenvalue weighted by Gasteiger charge is 2.33. The molecule has 2 heterocycles. The maximum Gasteiger partial charge on any atom is 0.253 e. The highest BCUT2D eigenvalue weighted by atomic mass is 15.1. The number of aromatic nitrogens is 1. The Morgan fingerprint density at radius 2 is 2.10 bits per heavy atom. The number of aliphatic imine (C=N–C) groups is 1. The van der Waals surface area contributed by atoms with Crippen LogP contribution in [0, 0.1) is 5.92 Å². The zero-order chi connectivity index (χ0) is 13.9.